The number of rotatable bonds is 5. The molecule has 3 aromatic rings. The molecule has 0 aromatic heterocycles. The van der Waals surface area contributed by atoms with Crippen molar-refractivity contribution in [3.8, 4) is 0 Å². The van der Waals surface area contributed by atoms with Gasteiger partial charge in [0.1, 0.15) is 5.60 Å². The molecule has 0 heterocycles. The smallest absolute Gasteiger partial charge is 0.134 e. The summed E-state index contributed by atoms with van der Waals surface area (Å²) >= 11 is 0. The molecule has 0 saturated carbocycles. The molecule has 25 heavy (non-hydrogen) atoms. The lowest BCUT2D eigenvalue weighted by molar-refractivity contribution is 0.135. The van der Waals surface area contributed by atoms with Crippen LogP contribution < -0.4 is 0 Å². The summed E-state index contributed by atoms with van der Waals surface area (Å²) in [7, 11) is 0. The Bertz CT molecular complexity index is 863. The summed E-state index contributed by atoms with van der Waals surface area (Å²) in [5.74, 6) is 0. The molecule has 1 N–H and O–H groups in total. The van der Waals surface area contributed by atoms with Gasteiger partial charge in [-0.25, -0.2) is 0 Å². The van der Waals surface area contributed by atoms with Gasteiger partial charge < -0.3 is 5.11 Å². The third-order valence-corrected chi connectivity index (χ3v) is 4.25. The van der Waals surface area contributed by atoms with Crippen LogP contribution in [0.3, 0.4) is 0 Å². The average Bonchev–Trinajstić information content (AvgIpc) is 2.68. The monoisotopic (exact) mass is 326 g/mol. The molecule has 0 fully saturated rings. The number of hydrogen-bond donors (Lipinski definition) is 1. The lowest BCUT2D eigenvalue weighted by atomic mass is 9.83. The molecule has 0 aliphatic rings. The van der Waals surface area contributed by atoms with Crippen molar-refractivity contribution in [1.82, 2.24) is 0 Å². The van der Waals surface area contributed by atoms with E-state index in [-0.39, 0.29) is 0 Å². The summed E-state index contributed by atoms with van der Waals surface area (Å²) in [5, 5.41) is 11.7. The molecule has 0 amide bonds. The minimum Gasteiger partial charge on any atom is -0.377 e. The first-order valence-corrected chi connectivity index (χ1v) is 8.48. The van der Waals surface area contributed by atoms with E-state index in [0.717, 1.165) is 22.3 Å². The maximum atomic E-state index is 11.7. The van der Waals surface area contributed by atoms with E-state index in [1.54, 1.807) is 0 Å². The molecule has 0 aliphatic carbocycles. The van der Waals surface area contributed by atoms with Gasteiger partial charge in [-0.3, -0.25) is 0 Å². The highest BCUT2D eigenvalue weighted by molar-refractivity contribution is 5.61. The summed E-state index contributed by atoms with van der Waals surface area (Å²) in [6.45, 7) is 1.98. The Labute approximate surface area is 149 Å². The highest BCUT2D eigenvalue weighted by Gasteiger charge is 2.30. The van der Waals surface area contributed by atoms with E-state index in [4.69, 9.17) is 0 Å². The van der Waals surface area contributed by atoms with Crippen molar-refractivity contribution in [2.45, 2.75) is 12.5 Å². The molecule has 0 saturated heterocycles. The molecule has 0 bridgehead atoms. The zero-order valence-corrected chi connectivity index (χ0v) is 14.3. The van der Waals surface area contributed by atoms with Gasteiger partial charge in [-0.05, 0) is 35.3 Å². The van der Waals surface area contributed by atoms with Crippen molar-refractivity contribution in [3.63, 3.8) is 0 Å². The molecular weight excluding hydrogens is 304 g/mol. The molecule has 1 atom stereocenters. The van der Waals surface area contributed by atoms with Crippen molar-refractivity contribution < 1.29 is 5.11 Å². The minimum atomic E-state index is -1.20. The van der Waals surface area contributed by atoms with Crippen molar-refractivity contribution >= 4 is 12.2 Å². The van der Waals surface area contributed by atoms with Gasteiger partial charge in [-0.15, -0.1) is 0 Å². The van der Waals surface area contributed by atoms with Gasteiger partial charge in [-0.2, -0.15) is 0 Å². The number of benzene rings is 3. The molecule has 124 valence electrons. The third-order valence-electron chi connectivity index (χ3n) is 4.25. The highest BCUT2D eigenvalue weighted by Crippen LogP contribution is 2.34. The topological polar surface area (TPSA) is 20.2 Å². The van der Waals surface area contributed by atoms with E-state index in [0.29, 0.717) is 0 Å². The van der Waals surface area contributed by atoms with Gasteiger partial charge in [0, 0.05) is 0 Å². The van der Waals surface area contributed by atoms with Gasteiger partial charge in [0.25, 0.3) is 0 Å². The van der Waals surface area contributed by atoms with E-state index < -0.39 is 5.60 Å². The summed E-state index contributed by atoms with van der Waals surface area (Å²) in [6, 6.07) is 27.8. The van der Waals surface area contributed by atoms with Gasteiger partial charge in [0.05, 0.1) is 0 Å². The summed E-state index contributed by atoms with van der Waals surface area (Å²) in [6.07, 6.45) is 7.87. The van der Waals surface area contributed by atoms with E-state index in [9.17, 15) is 5.11 Å². The molecule has 1 heteroatoms. The lowest BCUT2D eigenvalue weighted by Crippen LogP contribution is -2.25. The van der Waals surface area contributed by atoms with Crippen LogP contribution in [0, 0.1) is 0 Å². The highest BCUT2D eigenvalue weighted by atomic mass is 16.3. The average molecular weight is 326 g/mol. The molecule has 0 spiro atoms. The van der Waals surface area contributed by atoms with E-state index in [2.05, 4.69) is 0 Å². The standard InChI is InChI=1S/C24H22O/c1-2-11-21-14-9-10-17-23(21)24(25,22-15-7-4-8-16-22)19-18-20-12-5-3-6-13-20/h2-19,25H,1H3. The lowest BCUT2D eigenvalue weighted by Gasteiger charge is -2.28. The normalized spacial score (nSPS) is 14.0. The van der Waals surface area contributed by atoms with Crippen LogP contribution in [0.15, 0.2) is 97.1 Å². The Hall–Kier alpha value is -2.90. The zero-order valence-electron chi connectivity index (χ0n) is 14.3. The van der Waals surface area contributed by atoms with Crippen molar-refractivity contribution in [1.29, 1.82) is 0 Å². The molecule has 3 rings (SSSR count). The van der Waals surface area contributed by atoms with Gasteiger partial charge >= 0.3 is 0 Å². The predicted molar refractivity (Wildman–Crippen MR) is 106 cm³/mol. The molecule has 0 radical (unpaired) electrons. The van der Waals surface area contributed by atoms with Crippen molar-refractivity contribution in [2.75, 3.05) is 0 Å². The fraction of sp³-hybridized carbons (Fsp3) is 0.0833. The fourth-order valence-corrected chi connectivity index (χ4v) is 2.98. The van der Waals surface area contributed by atoms with Gasteiger partial charge in [0.15, 0.2) is 0 Å². The fourth-order valence-electron chi connectivity index (χ4n) is 2.98. The number of hydrogen-bond acceptors (Lipinski definition) is 1. The van der Waals surface area contributed by atoms with Crippen molar-refractivity contribution in [3.05, 3.63) is 119 Å². The van der Waals surface area contributed by atoms with Crippen LogP contribution >= 0.6 is 0 Å². The van der Waals surface area contributed by atoms with Crippen LogP contribution in [0.4, 0.5) is 0 Å². The Balaban J connectivity index is 2.15. The summed E-state index contributed by atoms with van der Waals surface area (Å²) in [5.41, 5.74) is 2.58. The zero-order chi connectivity index (χ0) is 17.5. The first-order valence-electron chi connectivity index (χ1n) is 8.48. The summed E-state index contributed by atoms with van der Waals surface area (Å²) < 4.78 is 0. The van der Waals surface area contributed by atoms with Gasteiger partial charge in [0.2, 0.25) is 0 Å². The van der Waals surface area contributed by atoms with Crippen LogP contribution in [0.2, 0.25) is 0 Å². The second-order valence-electron chi connectivity index (χ2n) is 5.96. The van der Waals surface area contributed by atoms with Crippen LogP contribution in [0.5, 0.6) is 0 Å². The van der Waals surface area contributed by atoms with E-state index in [1.807, 2.05) is 116 Å². The largest absolute Gasteiger partial charge is 0.377 e. The van der Waals surface area contributed by atoms with E-state index in [1.165, 1.54) is 0 Å². The molecule has 1 unspecified atom stereocenters. The maximum absolute atomic E-state index is 11.7. The van der Waals surface area contributed by atoms with Crippen LogP contribution in [0.25, 0.3) is 12.2 Å². The quantitative estimate of drug-likeness (QED) is 0.640. The Morgan fingerprint density at radius 3 is 2.00 bits per heavy atom. The predicted octanol–water partition coefficient (Wildman–Crippen LogP) is 5.67. The number of aliphatic hydroxyl groups is 1. The second-order valence-corrected chi connectivity index (χ2v) is 5.96. The second kappa shape index (κ2) is 7.78. The Morgan fingerprint density at radius 2 is 1.32 bits per heavy atom. The molecule has 0 aliphatic heterocycles. The summed E-state index contributed by atoms with van der Waals surface area (Å²) in [4.78, 5) is 0. The first-order chi connectivity index (χ1) is 12.2. The van der Waals surface area contributed by atoms with Crippen molar-refractivity contribution in [2.24, 2.45) is 0 Å². The third kappa shape index (κ3) is 3.78. The minimum absolute atomic E-state index is 0.846. The Kier molecular flexibility index (Phi) is 5.27. The first kappa shape index (κ1) is 16.9. The molecule has 1 nitrogen and oxygen atoms in total. The molecular formula is C24H22O. The maximum Gasteiger partial charge on any atom is 0.134 e. The van der Waals surface area contributed by atoms with Gasteiger partial charge in [-0.1, -0.05) is 103 Å². The van der Waals surface area contributed by atoms with Crippen LogP contribution in [-0.4, -0.2) is 5.11 Å². The van der Waals surface area contributed by atoms with E-state index >= 15 is 0 Å². The van der Waals surface area contributed by atoms with Crippen LogP contribution in [0.1, 0.15) is 29.2 Å². The Morgan fingerprint density at radius 1 is 0.720 bits per heavy atom. The SMILES string of the molecule is CC=Cc1ccccc1C(O)(C=Cc1ccccc1)c1ccccc1. The number of allylic oxidation sites excluding steroid dienone is 1. The molecule has 3 aromatic carbocycles. The van der Waals surface area contributed by atoms with Crippen LogP contribution in [-0.2, 0) is 5.60 Å².